The van der Waals surface area contributed by atoms with Crippen molar-refractivity contribution in [3.63, 3.8) is 0 Å². The monoisotopic (exact) mass is 243 g/mol. The van der Waals surface area contributed by atoms with Gasteiger partial charge in [-0.15, -0.1) is 0 Å². The van der Waals surface area contributed by atoms with Crippen molar-refractivity contribution in [2.24, 2.45) is 7.05 Å². The van der Waals surface area contributed by atoms with Crippen molar-refractivity contribution in [1.29, 1.82) is 0 Å². The van der Waals surface area contributed by atoms with E-state index in [4.69, 9.17) is 0 Å². The Balaban J connectivity index is 2.13. The number of nitrogens with zero attached hydrogens (tertiary/aromatic N) is 2. The summed E-state index contributed by atoms with van der Waals surface area (Å²) in [5, 5.41) is 7.69. The summed E-state index contributed by atoms with van der Waals surface area (Å²) in [5.74, 6) is 0. The van der Waals surface area contributed by atoms with E-state index < -0.39 is 0 Å². The first-order valence-corrected chi connectivity index (χ1v) is 6.54. The fourth-order valence-corrected chi connectivity index (χ4v) is 2.08. The molecule has 1 aromatic heterocycles. The van der Waals surface area contributed by atoms with Crippen molar-refractivity contribution >= 4 is 0 Å². The predicted octanol–water partition coefficient (Wildman–Crippen LogP) is 3.15. The van der Waals surface area contributed by atoms with Gasteiger partial charge in [-0.1, -0.05) is 31.2 Å². The van der Waals surface area contributed by atoms with Crippen LogP contribution in [0, 0.1) is 0 Å². The zero-order chi connectivity index (χ0) is 13.0. The maximum Gasteiger partial charge on any atom is 0.0678 e. The quantitative estimate of drug-likeness (QED) is 0.874. The van der Waals surface area contributed by atoms with Crippen LogP contribution < -0.4 is 5.32 Å². The Labute approximate surface area is 109 Å². The van der Waals surface area contributed by atoms with Crippen LogP contribution in [-0.4, -0.2) is 16.3 Å². The molecular weight excluding hydrogens is 222 g/mol. The van der Waals surface area contributed by atoms with Crippen LogP contribution in [0.2, 0.25) is 0 Å². The second-order valence-electron chi connectivity index (χ2n) is 4.64. The van der Waals surface area contributed by atoms with Gasteiger partial charge in [0.1, 0.15) is 0 Å². The van der Waals surface area contributed by atoms with E-state index in [2.05, 4.69) is 48.5 Å². The van der Waals surface area contributed by atoms with Crippen LogP contribution in [0.4, 0.5) is 0 Å². The van der Waals surface area contributed by atoms with Gasteiger partial charge < -0.3 is 5.32 Å². The maximum absolute atomic E-state index is 4.20. The fraction of sp³-hybridized carbons (Fsp3) is 0.400. The summed E-state index contributed by atoms with van der Waals surface area (Å²) >= 11 is 0. The third kappa shape index (κ3) is 2.79. The summed E-state index contributed by atoms with van der Waals surface area (Å²) in [7, 11) is 1.97. The van der Waals surface area contributed by atoms with Gasteiger partial charge in [0.05, 0.1) is 5.69 Å². The molecule has 18 heavy (non-hydrogen) atoms. The number of aromatic nitrogens is 2. The molecule has 0 spiro atoms. The van der Waals surface area contributed by atoms with Crippen LogP contribution in [0.15, 0.2) is 36.5 Å². The second kappa shape index (κ2) is 5.83. The molecule has 3 nitrogen and oxygen atoms in total. The fourth-order valence-electron chi connectivity index (χ4n) is 2.08. The number of aryl methyl sites for hydroxylation is 1. The SMILES string of the molecule is CCCNC(C)c1ccc(-c2ccnn2C)cc1. The Kier molecular flexibility index (Phi) is 4.15. The van der Waals surface area contributed by atoms with Crippen molar-refractivity contribution in [3.05, 3.63) is 42.1 Å². The molecule has 3 heteroatoms. The molecule has 1 aromatic carbocycles. The molecule has 1 atom stereocenters. The van der Waals surface area contributed by atoms with Gasteiger partial charge in [0, 0.05) is 19.3 Å². The smallest absolute Gasteiger partial charge is 0.0678 e. The minimum Gasteiger partial charge on any atom is -0.310 e. The van der Waals surface area contributed by atoms with Gasteiger partial charge >= 0.3 is 0 Å². The van der Waals surface area contributed by atoms with Gasteiger partial charge in [-0.3, -0.25) is 4.68 Å². The largest absolute Gasteiger partial charge is 0.310 e. The van der Waals surface area contributed by atoms with Crippen LogP contribution in [-0.2, 0) is 7.05 Å². The van der Waals surface area contributed by atoms with E-state index in [1.165, 1.54) is 11.1 Å². The van der Waals surface area contributed by atoms with Gasteiger partial charge in [0.25, 0.3) is 0 Å². The van der Waals surface area contributed by atoms with Crippen LogP contribution in [0.1, 0.15) is 31.9 Å². The average molecular weight is 243 g/mol. The maximum atomic E-state index is 4.20. The van der Waals surface area contributed by atoms with Gasteiger partial charge in [-0.2, -0.15) is 5.10 Å². The highest BCUT2D eigenvalue weighted by molar-refractivity contribution is 5.59. The summed E-state index contributed by atoms with van der Waals surface area (Å²) in [4.78, 5) is 0. The normalized spacial score (nSPS) is 12.6. The minimum atomic E-state index is 0.408. The first-order valence-electron chi connectivity index (χ1n) is 6.54. The summed E-state index contributed by atoms with van der Waals surface area (Å²) in [6.07, 6.45) is 2.99. The molecule has 0 saturated carbocycles. The molecule has 0 bridgehead atoms. The van der Waals surface area contributed by atoms with Crippen molar-refractivity contribution in [2.45, 2.75) is 26.3 Å². The van der Waals surface area contributed by atoms with Crippen LogP contribution >= 0.6 is 0 Å². The lowest BCUT2D eigenvalue weighted by Gasteiger charge is -2.14. The molecule has 0 aliphatic carbocycles. The highest BCUT2D eigenvalue weighted by atomic mass is 15.2. The standard InChI is InChI=1S/C15H21N3/c1-4-10-16-12(2)13-5-7-14(8-6-13)15-9-11-17-18(15)3/h5-9,11-12,16H,4,10H2,1-3H3. The number of hydrogen-bond acceptors (Lipinski definition) is 2. The summed E-state index contributed by atoms with van der Waals surface area (Å²) in [5.41, 5.74) is 3.69. The molecular formula is C15H21N3. The number of benzene rings is 1. The second-order valence-corrected chi connectivity index (χ2v) is 4.64. The first kappa shape index (κ1) is 12.8. The van der Waals surface area contributed by atoms with Crippen LogP contribution in [0.25, 0.3) is 11.3 Å². The van der Waals surface area contributed by atoms with Crippen LogP contribution in [0.3, 0.4) is 0 Å². The molecule has 1 heterocycles. The molecule has 2 aromatic rings. The summed E-state index contributed by atoms with van der Waals surface area (Å²) in [6, 6.07) is 11.2. The average Bonchev–Trinajstić information content (AvgIpc) is 2.82. The summed E-state index contributed by atoms with van der Waals surface area (Å²) in [6.45, 7) is 5.45. The molecule has 0 amide bonds. The molecule has 0 aliphatic rings. The molecule has 2 rings (SSSR count). The van der Waals surface area contributed by atoms with E-state index in [1.807, 2.05) is 24.0 Å². The van der Waals surface area contributed by atoms with Crippen LogP contribution in [0.5, 0.6) is 0 Å². The minimum absolute atomic E-state index is 0.408. The lowest BCUT2D eigenvalue weighted by molar-refractivity contribution is 0.571. The van der Waals surface area contributed by atoms with Crippen molar-refractivity contribution < 1.29 is 0 Å². The predicted molar refractivity (Wildman–Crippen MR) is 75.4 cm³/mol. The lowest BCUT2D eigenvalue weighted by Crippen LogP contribution is -2.19. The number of hydrogen-bond donors (Lipinski definition) is 1. The molecule has 1 N–H and O–H groups in total. The number of rotatable bonds is 5. The lowest BCUT2D eigenvalue weighted by atomic mass is 10.0. The Bertz CT molecular complexity index is 485. The van der Waals surface area contributed by atoms with Crippen molar-refractivity contribution in [2.75, 3.05) is 6.54 Å². The highest BCUT2D eigenvalue weighted by Gasteiger charge is 2.06. The van der Waals surface area contributed by atoms with Crippen molar-refractivity contribution in [1.82, 2.24) is 15.1 Å². The van der Waals surface area contributed by atoms with E-state index in [-0.39, 0.29) is 0 Å². The zero-order valence-corrected chi connectivity index (χ0v) is 11.4. The van der Waals surface area contributed by atoms with E-state index in [9.17, 15) is 0 Å². The van der Waals surface area contributed by atoms with Gasteiger partial charge in [-0.25, -0.2) is 0 Å². The Hall–Kier alpha value is -1.61. The van der Waals surface area contributed by atoms with Gasteiger partial charge in [0.15, 0.2) is 0 Å². The van der Waals surface area contributed by atoms with E-state index in [0.717, 1.165) is 18.7 Å². The topological polar surface area (TPSA) is 29.9 Å². The molecule has 0 fully saturated rings. The highest BCUT2D eigenvalue weighted by Crippen LogP contribution is 2.21. The van der Waals surface area contributed by atoms with E-state index >= 15 is 0 Å². The summed E-state index contributed by atoms with van der Waals surface area (Å²) < 4.78 is 1.90. The number of nitrogens with one attached hydrogen (secondary N) is 1. The molecule has 1 unspecified atom stereocenters. The molecule has 0 aliphatic heterocycles. The van der Waals surface area contributed by atoms with Gasteiger partial charge in [0.2, 0.25) is 0 Å². The van der Waals surface area contributed by atoms with E-state index in [1.54, 1.807) is 0 Å². The Morgan fingerprint density at radius 2 is 1.94 bits per heavy atom. The Morgan fingerprint density at radius 3 is 2.50 bits per heavy atom. The first-order chi connectivity index (χ1) is 8.72. The van der Waals surface area contributed by atoms with Crippen molar-refractivity contribution in [3.8, 4) is 11.3 Å². The molecule has 0 radical (unpaired) electrons. The van der Waals surface area contributed by atoms with E-state index in [0.29, 0.717) is 6.04 Å². The van der Waals surface area contributed by atoms with Gasteiger partial charge in [-0.05, 0) is 37.1 Å². The molecule has 0 saturated heterocycles. The third-order valence-electron chi connectivity index (χ3n) is 3.23. The third-order valence-corrected chi connectivity index (χ3v) is 3.23. The molecule has 96 valence electrons. The zero-order valence-electron chi connectivity index (χ0n) is 11.4. The Morgan fingerprint density at radius 1 is 1.22 bits per heavy atom.